The molecule has 18 heteroatoms. The highest BCUT2D eigenvalue weighted by molar-refractivity contribution is 7.91. The molecule has 2 aromatic rings. The van der Waals surface area contributed by atoms with Crippen molar-refractivity contribution in [1.29, 1.82) is 0 Å². The molecule has 13 nitrogen and oxygen atoms in total. The second kappa shape index (κ2) is 14.9. The number of fused-ring (bicyclic) bond motifs is 5. The summed E-state index contributed by atoms with van der Waals surface area (Å²) in [6, 6.07) is 2.07. The van der Waals surface area contributed by atoms with E-state index in [0.717, 1.165) is 0 Å². The highest BCUT2D eigenvalue weighted by Crippen LogP contribution is 2.50. The molecule has 5 aliphatic rings. The highest BCUT2D eigenvalue weighted by atomic mass is 35.5. The van der Waals surface area contributed by atoms with E-state index in [1.807, 2.05) is 12.2 Å². The molecule has 1 spiro atoms. The van der Waals surface area contributed by atoms with E-state index in [4.69, 9.17) is 21.1 Å². The van der Waals surface area contributed by atoms with Gasteiger partial charge in [-0.15, -0.1) is 0 Å². The number of nitrogens with zero attached hydrogens (tertiary/aromatic N) is 2. The second-order valence-electron chi connectivity index (χ2n) is 17.6. The number of pyridine rings is 1. The number of alkyl halides is 3. The molecule has 7 rings (SSSR count). The average Bonchev–Trinajstić information content (AvgIpc) is 3.78. The number of carbonyl (C=O) groups is 4. The molecule has 3 fully saturated rings. The maximum atomic E-state index is 14.7. The molecule has 1 saturated heterocycles. The molecule has 2 saturated carbocycles. The molecular weight excluding hydrogens is 803 g/mol. The molecule has 5 unspecified atom stereocenters. The zero-order valence-corrected chi connectivity index (χ0v) is 34.5. The Morgan fingerprint density at radius 1 is 1.07 bits per heavy atom. The Balaban J connectivity index is 1.28. The first kappa shape index (κ1) is 42.0. The van der Waals surface area contributed by atoms with Crippen LogP contribution in [-0.2, 0) is 41.7 Å². The Labute approximate surface area is 340 Å². The highest BCUT2D eigenvalue weighted by Gasteiger charge is 2.60. The smallest absolute Gasteiger partial charge is 0.437 e. The van der Waals surface area contributed by atoms with E-state index >= 15 is 0 Å². The molecule has 4 amide bonds. The number of benzene rings is 1. The van der Waals surface area contributed by atoms with Crippen LogP contribution in [0.1, 0.15) is 110 Å². The first-order chi connectivity index (χ1) is 27.1. The van der Waals surface area contributed by atoms with Gasteiger partial charge in [0, 0.05) is 23.3 Å². The fraction of sp³-hybridized carbons (Fsp3) is 0.625. The molecule has 3 N–H and O–H groups in total. The van der Waals surface area contributed by atoms with Crippen LogP contribution in [0.4, 0.5) is 18.0 Å². The van der Waals surface area contributed by atoms with Crippen molar-refractivity contribution < 1.29 is 50.2 Å². The van der Waals surface area contributed by atoms with Gasteiger partial charge in [-0.05, 0) is 91.5 Å². The van der Waals surface area contributed by atoms with Crippen LogP contribution in [-0.4, -0.2) is 82.2 Å². The molecule has 1 aromatic heterocycles. The fourth-order valence-electron chi connectivity index (χ4n) is 8.53. The Kier molecular flexibility index (Phi) is 10.8. The largest absolute Gasteiger partial charge is 0.483 e. The summed E-state index contributed by atoms with van der Waals surface area (Å²) in [5.41, 5.74) is -5.22. The van der Waals surface area contributed by atoms with Crippen LogP contribution in [0.3, 0.4) is 0 Å². The summed E-state index contributed by atoms with van der Waals surface area (Å²) in [6.07, 6.45) is 1.70. The van der Waals surface area contributed by atoms with E-state index < -0.39 is 90.9 Å². The fourth-order valence-corrected chi connectivity index (χ4v) is 10.1. The van der Waals surface area contributed by atoms with Crippen LogP contribution in [0.5, 0.6) is 5.75 Å². The van der Waals surface area contributed by atoms with Crippen molar-refractivity contribution >= 4 is 56.3 Å². The van der Waals surface area contributed by atoms with Gasteiger partial charge in [0.1, 0.15) is 28.8 Å². The molecule has 0 bridgehead atoms. The summed E-state index contributed by atoms with van der Waals surface area (Å²) in [5, 5.41) is 5.92. The molecule has 58 heavy (non-hydrogen) atoms. The van der Waals surface area contributed by atoms with Crippen molar-refractivity contribution in [2.24, 2.45) is 5.92 Å². The summed E-state index contributed by atoms with van der Waals surface area (Å²) in [4.78, 5) is 61.8. The number of allylic oxidation sites excluding steroid dienone is 1. The van der Waals surface area contributed by atoms with Crippen LogP contribution in [0, 0.1) is 5.92 Å². The number of aryl methyl sites for hydroxylation is 1. The van der Waals surface area contributed by atoms with E-state index in [1.54, 1.807) is 32.9 Å². The summed E-state index contributed by atoms with van der Waals surface area (Å²) < 4.78 is 83.8. The lowest BCUT2D eigenvalue weighted by Crippen LogP contribution is -2.70. The number of carbonyl (C=O) groups excluding carboxylic acids is 4. The van der Waals surface area contributed by atoms with E-state index in [0.29, 0.717) is 50.3 Å². The number of halogens is 4. The predicted molar refractivity (Wildman–Crippen MR) is 207 cm³/mol. The Morgan fingerprint density at radius 2 is 1.81 bits per heavy atom. The molecular formula is C40H49ClF3N5O8S. The molecule has 0 radical (unpaired) electrons. The van der Waals surface area contributed by atoms with Gasteiger partial charge in [-0.1, -0.05) is 48.7 Å². The summed E-state index contributed by atoms with van der Waals surface area (Å²) >= 11 is 6.31. The van der Waals surface area contributed by atoms with Crippen molar-refractivity contribution in [2.45, 2.75) is 144 Å². The number of alkyl carbamates (subject to hydrolysis) is 1. The van der Waals surface area contributed by atoms with Gasteiger partial charge in [-0.25, -0.2) is 18.2 Å². The van der Waals surface area contributed by atoms with Crippen LogP contribution in [0.2, 0.25) is 5.02 Å². The van der Waals surface area contributed by atoms with Gasteiger partial charge in [-0.2, -0.15) is 13.2 Å². The zero-order chi connectivity index (χ0) is 42.1. The number of nitrogens with one attached hydrogen (secondary N) is 3. The number of amides is 4. The van der Waals surface area contributed by atoms with E-state index in [9.17, 15) is 40.8 Å². The number of hydrogen-bond donors (Lipinski definition) is 3. The molecule has 3 aliphatic heterocycles. The third-order valence-corrected chi connectivity index (χ3v) is 14.7. The van der Waals surface area contributed by atoms with Gasteiger partial charge >= 0.3 is 12.3 Å². The van der Waals surface area contributed by atoms with E-state index in [1.165, 1.54) is 17.9 Å². The van der Waals surface area contributed by atoms with Crippen molar-refractivity contribution in [3.8, 4) is 5.75 Å². The van der Waals surface area contributed by atoms with E-state index in [-0.39, 0.29) is 54.8 Å². The third kappa shape index (κ3) is 7.96. The molecule has 2 aliphatic carbocycles. The lowest BCUT2D eigenvalue weighted by Gasteiger charge is -2.48. The average molecular weight is 852 g/mol. The van der Waals surface area contributed by atoms with Crippen LogP contribution in [0.15, 0.2) is 30.4 Å². The molecule has 4 heterocycles. The Morgan fingerprint density at radius 3 is 2.47 bits per heavy atom. The van der Waals surface area contributed by atoms with Gasteiger partial charge in [-0.3, -0.25) is 19.1 Å². The van der Waals surface area contributed by atoms with E-state index in [2.05, 4.69) is 20.3 Å². The molecule has 316 valence electrons. The minimum Gasteiger partial charge on any atom is -0.483 e. The normalized spacial score (nSPS) is 28.8. The predicted octanol–water partition coefficient (Wildman–Crippen LogP) is 6.25. The minimum atomic E-state index is -4.96. The Hall–Kier alpha value is -4.12. The lowest BCUT2D eigenvalue weighted by atomic mass is 9.65. The quantitative estimate of drug-likeness (QED) is 0.301. The van der Waals surface area contributed by atoms with Gasteiger partial charge in [0.15, 0.2) is 11.4 Å². The number of sulfonamides is 1. The van der Waals surface area contributed by atoms with Gasteiger partial charge in [0.05, 0.1) is 21.8 Å². The number of aromatic nitrogens is 1. The maximum Gasteiger partial charge on any atom is 0.437 e. The molecule has 1 aromatic carbocycles. The van der Waals surface area contributed by atoms with Crippen LogP contribution >= 0.6 is 11.6 Å². The van der Waals surface area contributed by atoms with Gasteiger partial charge in [0.2, 0.25) is 21.8 Å². The van der Waals surface area contributed by atoms with Crippen molar-refractivity contribution in [1.82, 2.24) is 25.2 Å². The summed E-state index contributed by atoms with van der Waals surface area (Å²) in [7, 11) is -4.11. The Bertz CT molecular complexity index is 2170. The van der Waals surface area contributed by atoms with Crippen molar-refractivity contribution in [2.75, 3.05) is 6.54 Å². The standard InChI is InChI=1S/C40H49ClF3N5O8S/c1-36(2,3)57-35(53)45-27-14-9-7-5-6-8-11-23-15-18-39(23,34(52)48-58(54,55)37(4)19-20-37)47-32(50)28-21-38(22-49(28)33(27)51)17-16-25-24-12-10-13-26(41)29(24)46-31(30(25)56-38)40(42,43)44/h8,10-13,23,27-28H,5-7,9,14-22H2,1-4H3,(H,45,53)(H,47,50)(H,48,52). The lowest BCUT2D eigenvalue weighted by molar-refractivity contribution is -0.145. The minimum absolute atomic E-state index is 0.0322. The van der Waals surface area contributed by atoms with Gasteiger partial charge < -0.3 is 25.0 Å². The van der Waals surface area contributed by atoms with Crippen LogP contribution in [0.25, 0.3) is 10.9 Å². The second-order valence-corrected chi connectivity index (χ2v) is 20.2. The van der Waals surface area contributed by atoms with Gasteiger partial charge in [0.25, 0.3) is 5.91 Å². The summed E-state index contributed by atoms with van der Waals surface area (Å²) in [6.45, 7) is 6.20. The summed E-state index contributed by atoms with van der Waals surface area (Å²) in [5.74, 6) is -3.50. The first-order valence-corrected chi connectivity index (χ1v) is 21.7. The number of para-hydroxylation sites is 1. The number of hydrogen-bond acceptors (Lipinski definition) is 9. The molecule has 5 atom stereocenters. The van der Waals surface area contributed by atoms with Crippen molar-refractivity contribution in [3.63, 3.8) is 0 Å². The van der Waals surface area contributed by atoms with Crippen LogP contribution < -0.4 is 20.1 Å². The third-order valence-electron chi connectivity index (χ3n) is 12.2. The zero-order valence-electron chi connectivity index (χ0n) is 32.9. The SMILES string of the molecule is CC(C)(C)OC(=O)NC1CCCCCC=CC2CCC2(C(=O)NS(=O)(=O)C2(C)CC2)NC(=O)C2CC3(CCc4c(c(C(F)(F)F)nc5c(Cl)cccc45)O3)CN2C1=O. The first-order valence-electron chi connectivity index (χ1n) is 19.8. The topological polar surface area (TPSA) is 173 Å². The maximum absolute atomic E-state index is 14.7. The monoisotopic (exact) mass is 851 g/mol. The number of rotatable bonds is 4. The number of ether oxygens (including phenoxy) is 2. The van der Waals surface area contributed by atoms with Crippen molar-refractivity contribution in [3.05, 3.63) is 46.6 Å².